The minimum atomic E-state index is -0.215. The van der Waals surface area contributed by atoms with Crippen molar-refractivity contribution in [3.63, 3.8) is 0 Å². The van der Waals surface area contributed by atoms with Crippen molar-refractivity contribution < 1.29 is 4.79 Å². The first-order valence-electron chi connectivity index (χ1n) is 3.30. The van der Waals surface area contributed by atoms with E-state index in [0.29, 0.717) is 0 Å². The van der Waals surface area contributed by atoms with E-state index >= 15 is 0 Å². The second-order valence-electron chi connectivity index (χ2n) is 2.26. The normalized spacial score (nSPS) is 20.5. The van der Waals surface area contributed by atoms with E-state index in [1.807, 2.05) is 30.6 Å². The summed E-state index contributed by atoms with van der Waals surface area (Å²) in [5, 5.41) is 2.81. The second kappa shape index (κ2) is 2.58. The van der Waals surface area contributed by atoms with E-state index in [9.17, 15) is 4.79 Å². The quantitative estimate of drug-likeness (QED) is 0.684. The van der Waals surface area contributed by atoms with Gasteiger partial charge in [-0.05, 0) is 12.1 Å². The number of thioether (sulfide) groups is 1. The summed E-state index contributed by atoms with van der Waals surface area (Å²) in [6, 6.07) is 7.85. The van der Waals surface area contributed by atoms with E-state index in [-0.39, 0.29) is 5.37 Å². The summed E-state index contributed by atoms with van der Waals surface area (Å²) < 4.78 is 0. The van der Waals surface area contributed by atoms with Crippen molar-refractivity contribution in [2.45, 2.75) is 10.3 Å². The van der Waals surface area contributed by atoms with Crippen LogP contribution in [0.5, 0.6) is 0 Å². The molecule has 1 N–H and O–H groups in total. The van der Waals surface area contributed by atoms with Gasteiger partial charge in [-0.2, -0.15) is 0 Å². The van der Waals surface area contributed by atoms with Crippen LogP contribution >= 0.6 is 11.8 Å². The number of hydrogen-bond donors (Lipinski definition) is 1. The van der Waals surface area contributed by atoms with Crippen LogP contribution < -0.4 is 5.32 Å². The van der Waals surface area contributed by atoms with Crippen molar-refractivity contribution in [3.05, 3.63) is 24.3 Å². The van der Waals surface area contributed by atoms with E-state index in [2.05, 4.69) is 5.32 Å². The lowest BCUT2D eigenvalue weighted by Gasteiger charge is -1.96. The van der Waals surface area contributed by atoms with Gasteiger partial charge in [0, 0.05) is 10.6 Å². The number of anilines is 1. The van der Waals surface area contributed by atoms with Crippen LogP contribution in [0.3, 0.4) is 0 Å². The lowest BCUT2D eigenvalue weighted by molar-refractivity contribution is 0.555. The molecule has 0 aliphatic carbocycles. The molecule has 0 saturated carbocycles. The van der Waals surface area contributed by atoms with Gasteiger partial charge in [0.1, 0.15) is 5.37 Å². The van der Waals surface area contributed by atoms with Crippen molar-refractivity contribution in [1.82, 2.24) is 0 Å². The zero-order chi connectivity index (χ0) is 7.68. The molecule has 3 heteroatoms. The fraction of sp³-hybridized carbons (Fsp3) is 0.125. The van der Waals surface area contributed by atoms with Gasteiger partial charge in [0.05, 0.1) is 0 Å². The first kappa shape index (κ1) is 6.73. The number of rotatable bonds is 1. The Bertz CT molecular complexity index is 262. The third kappa shape index (κ3) is 1.12. The zero-order valence-corrected chi connectivity index (χ0v) is 6.52. The van der Waals surface area contributed by atoms with Gasteiger partial charge >= 0.3 is 0 Å². The molecule has 1 aliphatic rings. The molecular weight excluding hydrogens is 158 g/mol. The maximum atomic E-state index is 10.3. The summed E-state index contributed by atoms with van der Waals surface area (Å²) in [6.07, 6.45) is 1.91. The molecule has 0 fully saturated rings. The maximum Gasteiger partial charge on any atom is 0.234 e. The fourth-order valence-corrected chi connectivity index (χ4v) is 1.94. The van der Waals surface area contributed by atoms with Gasteiger partial charge in [-0.1, -0.05) is 23.9 Å². The Kier molecular flexibility index (Phi) is 1.58. The minimum absolute atomic E-state index is 0.215. The second-order valence-corrected chi connectivity index (χ2v) is 3.40. The Labute approximate surface area is 69.0 Å². The van der Waals surface area contributed by atoms with E-state index in [1.54, 1.807) is 0 Å². The Morgan fingerprint density at radius 2 is 2.27 bits per heavy atom. The van der Waals surface area contributed by atoms with Crippen LogP contribution in [0.25, 0.3) is 0 Å². The van der Waals surface area contributed by atoms with Crippen molar-refractivity contribution in [2.75, 3.05) is 5.32 Å². The summed E-state index contributed by atoms with van der Waals surface area (Å²) in [6.45, 7) is 0. The average molecular weight is 164 g/mol. The molecule has 0 amide bonds. The van der Waals surface area contributed by atoms with Crippen LogP contribution in [0.4, 0.5) is 5.69 Å². The van der Waals surface area contributed by atoms with Gasteiger partial charge in [-0.3, -0.25) is 4.79 Å². The third-order valence-electron chi connectivity index (χ3n) is 1.53. The van der Waals surface area contributed by atoms with E-state index in [0.717, 1.165) is 10.6 Å². The Balaban J connectivity index is 2.33. The van der Waals surface area contributed by atoms with E-state index in [4.69, 9.17) is 0 Å². The minimum Gasteiger partial charge on any atom is -0.366 e. The van der Waals surface area contributed by atoms with Crippen LogP contribution in [0.15, 0.2) is 29.2 Å². The Morgan fingerprint density at radius 3 is 3.00 bits per heavy atom. The van der Waals surface area contributed by atoms with Crippen LogP contribution in [-0.4, -0.2) is 11.7 Å². The predicted octanol–water partition coefficient (Wildman–Crippen LogP) is 1.64. The molecule has 1 aliphatic heterocycles. The molecule has 2 rings (SSSR count). The SMILES string of the molecule is O=[C]C1Nc2ccccc2S1. The molecule has 0 spiro atoms. The smallest absolute Gasteiger partial charge is 0.234 e. The van der Waals surface area contributed by atoms with E-state index < -0.39 is 0 Å². The van der Waals surface area contributed by atoms with Gasteiger partial charge in [0.2, 0.25) is 6.29 Å². The monoisotopic (exact) mass is 164 g/mol. The number of hydrogen-bond acceptors (Lipinski definition) is 3. The summed E-state index contributed by atoms with van der Waals surface area (Å²) in [7, 11) is 0. The van der Waals surface area contributed by atoms with Gasteiger partial charge in [-0.25, -0.2) is 0 Å². The summed E-state index contributed by atoms with van der Waals surface area (Å²) >= 11 is 1.50. The highest BCUT2D eigenvalue weighted by Gasteiger charge is 2.19. The third-order valence-corrected chi connectivity index (χ3v) is 2.59. The molecule has 1 unspecified atom stereocenters. The number of para-hydroxylation sites is 1. The molecule has 1 aromatic rings. The fourth-order valence-electron chi connectivity index (χ4n) is 1.04. The highest BCUT2D eigenvalue weighted by atomic mass is 32.2. The van der Waals surface area contributed by atoms with Crippen molar-refractivity contribution >= 4 is 23.7 Å². The van der Waals surface area contributed by atoms with E-state index in [1.165, 1.54) is 11.8 Å². The van der Waals surface area contributed by atoms with Crippen molar-refractivity contribution in [1.29, 1.82) is 0 Å². The first-order valence-corrected chi connectivity index (χ1v) is 4.18. The van der Waals surface area contributed by atoms with Crippen LogP contribution in [0.2, 0.25) is 0 Å². The molecule has 1 aromatic carbocycles. The largest absolute Gasteiger partial charge is 0.366 e. The van der Waals surface area contributed by atoms with Gasteiger partial charge in [0.15, 0.2) is 0 Å². The van der Waals surface area contributed by atoms with Gasteiger partial charge in [0.25, 0.3) is 0 Å². The molecule has 1 atom stereocenters. The van der Waals surface area contributed by atoms with Crippen molar-refractivity contribution in [2.24, 2.45) is 0 Å². The van der Waals surface area contributed by atoms with Gasteiger partial charge < -0.3 is 5.32 Å². The molecule has 0 aromatic heterocycles. The highest BCUT2D eigenvalue weighted by Crippen LogP contribution is 2.36. The van der Waals surface area contributed by atoms with Crippen LogP contribution in [0, 0.1) is 0 Å². The lowest BCUT2D eigenvalue weighted by atomic mass is 10.3. The Morgan fingerprint density at radius 1 is 1.45 bits per heavy atom. The van der Waals surface area contributed by atoms with Crippen molar-refractivity contribution in [3.8, 4) is 0 Å². The average Bonchev–Trinajstić information content (AvgIpc) is 2.46. The number of fused-ring (bicyclic) bond motifs is 1. The summed E-state index contributed by atoms with van der Waals surface area (Å²) in [5.74, 6) is 0. The van der Waals surface area contributed by atoms with Gasteiger partial charge in [-0.15, -0.1) is 0 Å². The molecule has 0 saturated heterocycles. The number of nitrogens with one attached hydrogen (secondary N) is 1. The molecular formula is C8H6NOS. The van der Waals surface area contributed by atoms with Crippen LogP contribution in [-0.2, 0) is 4.79 Å². The number of carbonyl (C=O) groups excluding carboxylic acids is 1. The summed E-state index contributed by atoms with van der Waals surface area (Å²) in [5.41, 5.74) is 1.03. The maximum absolute atomic E-state index is 10.3. The molecule has 2 nitrogen and oxygen atoms in total. The molecule has 11 heavy (non-hydrogen) atoms. The molecule has 55 valence electrons. The standard InChI is InChI=1S/C8H6NOS/c10-5-8-9-6-3-1-2-4-7(6)11-8/h1-4,8-9H. The van der Waals surface area contributed by atoms with Crippen LogP contribution in [0.1, 0.15) is 0 Å². The summed E-state index contributed by atoms with van der Waals surface area (Å²) in [4.78, 5) is 11.4. The highest BCUT2D eigenvalue weighted by molar-refractivity contribution is 8.01. The molecule has 1 radical (unpaired) electrons. The molecule has 1 heterocycles. The number of benzene rings is 1. The zero-order valence-electron chi connectivity index (χ0n) is 5.70. The molecule has 0 bridgehead atoms. The lowest BCUT2D eigenvalue weighted by Crippen LogP contribution is -2.10. The predicted molar refractivity (Wildman–Crippen MR) is 45.4 cm³/mol. The Hall–Kier alpha value is -0.960. The first-order chi connectivity index (χ1) is 5.40. The topological polar surface area (TPSA) is 29.1 Å².